The van der Waals surface area contributed by atoms with Gasteiger partial charge in [-0.15, -0.1) is 11.3 Å². The standard InChI is InChI=1S/C54H35NS/c1-2-14-36(15-3-1)37-26-29-41(30-27-37)55(42-31-28-38-35-54-51(34-40(38)32-42)49-23-11-13-25-53(49)56-54)52-24-12-10-22-48(52)45-19-7-9-21-47(45)50-33-39-16-4-5-17-43(39)44-18-6-8-20-46(44)50/h1-35H. The Kier molecular flexibility index (Phi) is 7.75. The van der Waals surface area contributed by atoms with Gasteiger partial charge in [0, 0.05) is 37.1 Å². The minimum absolute atomic E-state index is 1.10. The van der Waals surface area contributed by atoms with Crippen molar-refractivity contribution < 1.29 is 0 Å². The zero-order valence-corrected chi connectivity index (χ0v) is 31.4. The summed E-state index contributed by atoms with van der Waals surface area (Å²) in [6, 6.07) is 77.8. The molecule has 10 aromatic carbocycles. The fraction of sp³-hybridized carbons (Fsp3) is 0. The molecule has 11 rings (SSSR count). The van der Waals surface area contributed by atoms with E-state index in [9.17, 15) is 0 Å². The third kappa shape index (κ3) is 5.46. The van der Waals surface area contributed by atoms with Gasteiger partial charge in [-0.2, -0.15) is 0 Å². The van der Waals surface area contributed by atoms with Crippen LogP contribution in [0, 0.1) is 0 Å². The Bertz CT molecular complexity index is 3250. The molecule has 0 aliphatic carbocycles. The minimum atomic E-state index is 1.10. The molecular formula is C54H35NS. The van der Waals surface area contributed by atoms with Crippen LogP contribution in [0.15, 0.2) is 212 Å². The summed E-state index contributed by atoms with van der Waals surface area (Å²) in [5, 5.41) is 10.1. The maximum absolute atomic E-state index is 2.44. The number of rotatable bonds is 6. The van der Waals surface area contributed by atoms with Crippen molar-refractivity contribution in [3.63, 3.8) is 0 Å². The van der Waals surface area contributed by atoms with Crippen LogP contribution in [0.4, 0.5) is 17.1 Å². The fourth-order valence-corrected chi connectivity index (χ4v) is 9.72. The summed E-state index contributed by atoms with van der Waals surface area (Å²) < 4.78 is 2.65. The van der Waals surface area contributed by atoms with Crippen molar-refractivity contribution in [1.29, 1.82) is 0 Å². The van der Waals surface area contributed by atoms with E-state index in [0.29, 0.717) is 0 Å². The van der Waals surface area contributed by atoms with Gasteiger partial charge < -0.3 is 4.90 Å². The van der Waals surface area contributed by atoms with Crippen LogP contribution in [0.2, 0.25) is 0 Å². The van der Waals surface area contributed by atoms with E-state index in [-0.39, 0.29) is 0 Å². The summed E-state index contributed by atoms with van der Waals surface area (Å²) in [6.45, 7) is 0. The number of para-hydroxylation sites is 1. The molecule has 0 unspecified atom stereocenters. The summed E-state index contributed by atoms with van der Waals surface area (Å²) in [6.07, 6.45) is 0. The van der Waals surface area contributed by atoms with E-state index >= 15 is 0 Å². The molecular weight excluding hydrogens is 695 g/mol. The normalized spacial score (nSPS) is 11.6. The second-order valence-electron chi connectivity index (χ2n) is 14.5. The fourth-order valence-electron chi connectivity index (χ4n) is 8.58. The van der Waals surface area contributed by atoms with Crippen LogP contribution in [0.1, 0.15) is 0 Å². The number of anilines is 3. The molecule has 0 radical (unpaired) electrons. The summed E-state index contributed by atoms with van der Waals surface area (Å²) >= 11 is 1.87. The molecule has 11 aromatic rings. The lowest BCUT2D eigenvalue weighted by Gasteiger charge is -2.29. The first kappa shape index (κ1) is 32.4. The largest absolute Gasteiger partial charge is 0.310 e. The smallest absolute Gasteiger partial charge is 0.0540 e. The maximum atomic E-state index is 2.44. The number of hydrogen-bond acceptors (Lipinski definition) is 2. The molecule has 0 bridgehead atoms. The van der Waals surface area contributed by atoms with Gasteiger partial charge in [-0.05, 0) is 115 Å². The van der Waals surface area contributed by atoms with E-state index in [1.54, 1.807) is 0 Å². The van der Waals surface area contributed by atoms with Crippen LogP contribution in [0.5, 0.6) is 0 Å². The van der Waals surface area contributed by atoms with Crippen molar-refractivity contribution in [2.75, 3.05) is 4.90 Å². The number of benzene rings is 10. The SMILES string of the molecule is c1ccc(-c2ccc(N(c3ccc4cc5sc6ccccc6c5cc4c3)c3ccccc3-c3ccccc3-c3cc4ccccc4c4ccccc34)cc2)cc1. The molecule has 56 heavy (non-hydrogen) atoms. The van der Waals surface area contributed by atoms with Gasteiger partial charge in [-0.25, -0.2) is 0 Å². The zero-order valence-electron chi connectivity index (χ0n) is 30.6. The molecule has 0 amide bonds. The Morgan fingerprint density at radius 1 is 0.286 bits per heavy atom. The summed E-state index contributed by atoms with van der Waals surface area (Å²) in [7, 11) is 0. The van der Waals surface area contributed by atoms with Crippen molar-refractivity contribution in [2.45, 2.75) is 0 Å². The highest BCUT2D eigenvalue weighted by molar-refractivity contribution is 7.25. The van der Waals surface area contributed by atoms with Crippen LogP contribution in [0.3, 0.4) is 0 Å². The Morgan fingerprint density at radius 2 is 0.893 bits per heavy atom. The molecule has 0 atom stereocenters. The number of nitrogens with zero attached hydrogens (tertiary/aromatic N) is 1. The molecule has 1 aromatic heterocycles. The van der Waals surface area contributed by atoms with E-state index in [2.05, 4.69) is 217 Å². The van der Waals surface area contributed by atoms with E-state index in [1.807, 2.05) is 11.3 Å². The highest BCUT2D eigenvalue weighted by Gasteiger charge is 2.21. The van der Waals surface area contributed by atoms with Crippen LogP contribution in [-0.4, -0.2) is 0 Å². The van der Waals surface area contributed by atoms with E-state index in [1.165, 1.54) is 85.9 Å². The lowest BCUT2D eigenvalue weighted by Crippen LogP contribution is -2.11. The molecule has 0 saturated carbocycles. The van der Waals surface area contributed by atoms with Gasteiger partial charge in [-0.3, -0.25) is 0 Å². The van der Waals surface area contributed by atoms with E-state index < -0.39 is 0 Å². The zero-order chi connectivity index (χ0) is 37.0. The molecule has 0 aliphatic heterocycles. The average molecular weight is 730 g/mol. The van der Waals surface area contributed by atoms with Gasteiger partial charge in [0.1, 0.15) is 0 Å². The molecule has 0 aliphatic rings. The maximum Gasteiger partial charge on any atom is 0.0540 e. The minimum Gasteiger partial charge on any atom is -0.310 e. The lowest BCUT2D eigenvalue weighted by molar-refractivity contribution is 1.29. The van der Waals surface area contributed by atoms with Crippen molar-refractivity contribution in [3.8, 4) is 33.4 Å². The third-order valence-corrected chi connectivity index (χ3v) is 12.4. The lowest BCUT2D eigenvalue weighted by atomic mass is 9.88. The van der Waals surface area contributed by atoms with Gasteiger partial charge in [0.15, 0.2) is 0 Å². The molecule has 0 fully saturated rings. The Hall–Kier alpha value is -7.00. The number of fused-ring (bicyclic) bond motifs is 7. The quantitative estimate of drug-likeness (QED) is 0.154. The van der Waals surface area contributed by atoms with Gasteiger partial charge in [0.2, 0.25) is 0 Å². The van der Waals surface area contributed by atoms with Gasteiger partial charge in [-0.1, -0.05) is 158 Å². The molecule has 0 saturated heterocycles. The molecule has 1 heterocycles. The summed E-state index contributed by atoms with van der Waals surface area (Å²) in [5.41, 5.74) is 10.6. The summed E-state index contributed by atoms with van der Waals surface area (Å²) in [4.78, 5) is 2.44. The second-order valence-corrected chi connectivity index (χ2v) is 15.6. The first-order valence-electron chi connectivity index (χ1n) is 19.2. The van der Waals surface area contributed by atoms with Crippen LogP contribution in [-0.2, 0) is 0 Å². The van der Waals surface area contributed by atoms with Gasteiger partial charge in [0.05, 0.1) is 5.69 Å². The molecule has 0 N–H and O–H groups in total. The van der Waals surface area contributed by atoms with Crippen LogP contribution in [0.25, 0.3) is 85.9 Å². The second kappa shape index (κ2) is 13.4. The topological polar surface area (TPSA) is 3.24 Å². The molecule has 0 spiro atoms. The van der Waals surface area contributed by atoms with Crippen molar-refractivity contribution in [1.82, 2.24) is 0 Å². The van der Waals surface area contributed by atoms with E-state index in [0.717, 1.165) is 17.1 Å². The Labute approximate surface area is 330 Å². The molecule has 262 valence electrons. The Balaban J connectivity index is 1.13. The van der Waals surface area contributed by atoms with Gasteiger partial charge >= 0.3 is 0 Å². The van der Waals surface area contributed by atoms with Crippen LogP contribution >= 0.6 is 11.3 Å². The first-order chi connectivity index (χ1) is 27.8. The predicted octanol–water partition coefficient (Wildman–Crippen LogP) is 16.0. The predicted molar refractivity (Wildman–Crippen MR) is 243 cm³/mol. The third-order valence-electron chi connectivity index (χ3n) is 11.2. The highest BCUT2D eigenvalue weighted by Crippen LogP contribution is 2.46. The monoisotopic (exact) mass is 729 g/mol. The van der Waals surface area contributed by atoms with E-state index in [4.69, 9.17) is 0 Å². The summed E-state index contributed by atoms with van der Waals surface area (Å²) in [5.74, 6) is 0. The first-order valence-corrected chi connectivity index (χ1v) is 20.0. The van der Waals surface area contributed by atoms with Crippen molar-refractivity contribution in [2.24, 2.45) is 0 Å². The van der Waals surface area contributed by atoms with Gasteiger partial charge in [0.25, 0.3) is 0 Å². The van der Waals surface area contributed by atoms with Crippen molar-refractivity contribution >= 4 is 80.9 Å². The van der Waals surface area contributed by atoms with Crippen LogP contribution < -0.4 is 4.90 Å². The van der Waals surface area contributed by atoms with Crippen molar-refractivity contribution in [3.05, 3.63) is 212 Å². The molecule has 1 nitrogen and oxygen atoms in total. The Morgan fingerprint density at radius 3 is 1.71 bits per heavy atom. The highest BCUT2D eigenvalue weighted by atomic mass is 32.1. The number of thiophene rings is 1. The molecule has 2 heteroatoms. The number of hydrogen-bond donors (Lipinski definition) is 0. The average Bonchev–Trinajstić information content (AvgIpc) is 3.63.